The minimum Gasteiger partial charge on any atom is -0.497 e. The van der Waals surface area contributed by atoms with Crippen LogP contribution in [0.25, 0.3) is 0 Å². The summed E-state index contributed by atoms with van der Waals surface area (Å²) in [5, 5.41) is 0. The fourth-order valence-corrected chi connectivity index (χ4v) is 0.774. The number of ether oxygens (including phenoxy) is 2. The van der Waals surface area contributed by atoms with Crippen LogP contribution in [0.5, 0.6) is 11.5 Å². The Hall–Kier alpha value is -1.25. The Morgan fingerprint density at radius 3 is 2.08 bits per heavy atom. The Labute approximate surface area is 78.3 Å². The molecule has 13 heavy (non-hydrogen) atoms. The largest absolute Gasteiger partial charge is 0.497 e. The van der Waals surface area contributed by atoms with Gasteiger partial charge in [-0.25, -0.2) is 4.39 Å². The van der Waals surface area contributed by atoms with Crippen LogP contribution in [0.3, 0.4) is 0 Å². The first-order valence-corrected chi connectivity index (χ1v) is 4.15. The van der Waals surface area contributed by atoms with Gasteiger partial charge in [0.2, 0.25) is 0 Å². The van der Waals surface area contributed by atoms with E-state index in [-0.39, 0.29) is 5.75 Å². The quantitative estimate of drug-likeness (QED) is 0.707. The molecule has 0 saturated carbocycles. The Balaban J connectivity index is 0.000000671. The molecule has 0 bridgehead atoms. The van der Waals surface area contributed by atoms with Gasteiger partial charge in [-0.05, 0) is 12.1 Å². The van der Waals surface area contributed by atoms with Gasteiger partial charge >= 0.3 is 0 Å². The number of methoxy groups -OCH3 is 2. The van der Waals surface area contributed by atoms with Gasteiger partial charge < -0.3 is 9.47 Å². The molecule has 0 heterocycles. The highest BCUT2D eigenvalue weighted by Gasteiger charge is 2.01. The van der Waals surface area contributed by atoms with E-state index in [1.54, 1.807) is 6.07 Å². The van der Waals surface area contributed by atoms with Crippen molar-refractivity contribution in [1.82, 2.24) is 0 Å². The van der Waals surface area contributed by atoms with Crippen LogP contribution in [0.1, 0.15) is 13.8 Å². The second-order valence-corrected chi connectivity index (χ2v) is 2.00. The van der Waals surface area contributed by atoms with Gasteiger partial charge in [-0.2, -0.15) is 0 Å². The fraction of sp³-hybridized carbons (Fsp3) is 0.400. The first-order chi connectivity index (χ1) is 6.27. The van der Waals surface area contributed by atoms with E-state index >= 15 is 0 Å². The van der Waals surface area contributed by atoms with Crippen LogP contribution in [-0.4, -0.2) is 14.2 Å². The zero-order chi connectivity index (χ0) is 10.3. The maximum atomic E-state index is 12.8. The third-order valence-corrected chi connectivity index (χ3v) is 1.36. The lowest BCUT2D eigenvalue weighted by molar-refractivity contribution is 0.377. The van der Waals surface area contributed by atoms with Crippen LogP contribution in [0.15, 0.2) is 18.2 Å². The predicted molar refractivity (Wildman–Crippen MR) is 50.9 cm³/mol. The second-order valence-electron chi connectivity index (χ2n) is 2.00. The zero-order valence-electron chi connectivity index (χ0n) is 8.43. The third kappa shape index (κ3) is 3.32. The van der Waals surface area contributed by atoms with Crippen LogP contribution < -0.4 is 9.47 Å². The molecule has 0 saturated heterocycles. The molecule has 1 aromatic rings. The van der Waals surface area contributed by atoms with Crippen molar-refractivity contribution in [3.8, 4) is 11.5 Å². The van der Waals surface area contributed by atoms with E-state index in [0.717, 1.165) is 0 Å². The second kappa shape index (κ2) is 6.29. The van der Waals surface area contributed by atoms with Gasteiger partial charge in [-0.3, -0.25) is 0 Å². The van der Waals surface area contributed by atoms with Crippen LogP contribution in [0.2, 0.25) is 0 Å². The molecule has 0 unspecified atom stereocenters. The summed E-state index contributed by atoms with van der Waals surface area (Å²) >= 11 is 0. The van der Waals surface area contributed by atoms with Crippen molar-refractivity contribution in [2.75, 3.05) is 14.2 Å². The van der Waals surface area contributed by atoms with Crippen molar-refractivity contribution in [3.05, 3.63) is 24.0 Å². The molecule has 0 amide bonds. The van der Waals surface area contributed by atoms with Crippen molar-refractivity contribution in [2.24, 2.45) is 0 Å². The first kappa shape index (κ1) is 11.8. The average molecular weight is 186 g/mol. The Kier molecular flexibility index (Phi) is 5.68. The van der Waals surface area contributed by atoms with Crippen LogP contribution in [-0.2, 0) is 0 Å². The number of benzene rings is 1. The van der Waals surface area contributed by atoms with E-state index in [9.17, 15) is 4.39 Å². The molecule has 0 aromatic heterocycles. The minimum absolute atomic E-state index is 0.228. The van der Waals surface area contributed by atoms with Crippen molar-refractivity contribution in [1.29, 1.82) is 0 Å². The van der Waals surface area contributed by atoms with Gasteiger partial charge in [0.05, 0.1) is 14.2 Å². The van der Waals surface area contributed by atoms with Gasteiger partial charge in [0.15, 0.2) is 11.6 Å². The highest BCUT2D eigenvalue weighted by atomic mass is 19.1. The lowest BCUT2D eigenvalue weighted by Gasteiger charge is -2.02. The Bertz CT molecular complexity index is 249. The lowest BCUT2D eigenvalue weighted by atomic mass is 10.3. The molecule has 3 heteroatoms. The number of rotatable bonds is 2. The average Bonchev–Trinajstić information content (AvgIpc) is 2.20. The van der Waals surface area contributed by atoms with E-state index in [4.69, 9.17) is 9.47 Å². The number of halogens is 1. The molecule has 0 fully saturated rings. The summed E-state index contributed by atoms with van der Waals surface area (Å²) in [6, 6.07) is 4.44. The van der Waals surface area contributed by atoms with Crippen LogP contribution in [0, 0.1) is 5.82 Å². The summed E-state index contributed by atoms with van der Waals surface area (Å²) in [4.78, 5) is 0. The molecule has 1 rings (SSSR count). The van der Waals surface area contributed by atoms with E-state index in [1.165, 1.54) is 26.4 Å². The molecule has 0 aliphatic heterocycles. The molecule has 0 atom stereocenters. The van der Waals surface area contributed by atoms with Crippen molar-refractivity contribution >= 4 is 0 Å². The van der Waals surface area contributed by atoms with Gasteiger partial charge in [-0.15, -0.1) is 0 Å². The first-order valence-electron chi connectivity index (χ1n) is 4.15. The standard InChI is InChI=1S/C8H9FO2.C2H6/c1-10-6-3-4-8(11-2)7(9)5-6;1-2/h3-5H,1-2H3;1-2H3. The summed E-state index contributed by atoms with van der Waals surface area (Å²) in [5.41, 5.74) is 0. The van der Waals surface area contributed by atoms with E-state index in [1.807, 2.05) is 13.8 Å². The maximum Gasteiger partial charge on any atom is 0.168 e. The molecule has 0 spiro atoms. The van der Waals surface area contributed by atoms with Gasteiger partial charge in [0.1, 0.15) is 5.75 Å². The summed E-state index contributed by atoms with van der Waals surface area (Å²) in [7, 11) is 2.91. The smallest absolute Gasteiger partial charge is 0.168 e. The van der Waals surface area contributed by atoms with Gasteiger partial charge in [0.25, 0.3) is 0 Å². The number of hydrogen-bond acceptors (Lipinski definition) is 2. The van der Waals surface area contributed by atoms with Crippen molar-refractivity contribution < 1.29 is 13.9 Å². The SMILES string of the molecule is CC.COc1ccc(OC)c(F)c1. The summed E-state index contributed by atoms with van der Waals surface area (Å²) < 4.78 is 22.3. The summed E-state index contributed by atoms with van der Waals surface area (Å²) in [5.74, 6) is 0.306. The molecule has 74 valence electrons. The predicted octanol–water partition coefficient (Wildman–Crippen LogP) is 2.87. The van der Waals surface area contributed by atoms with Gasteiger partial charge in [-0.1, -0.05) is 13.8 Å². The van der Waals surface area contributed by atoms with Crippen molar-refractivity contribution in [2.45, 2.75) is 13.8 Å². The van der Waals surface area contributed by atoms with E-state index in [2.05, 4.69) is 0 Å². The number of hydrogen-bond donors (Lipinski definition) is 0. The molecule has 1 aromatic carbocycles. The third-order valence-electron chi connectivity index (χ3n) is 1.36. The molecular formula is C10H15FO2. The highest BCUT2D eigenvalue weighted by molar-refractivity contribution is 5.32. The Morgan fingerprint density at radius 1 is 1.08 bits per heavy atom. The Morgan fingerprint density at radius 2 is 1.69 bits per heavy atom. The highest BCUT2D eigenvalue weighted by Crippen LogP contribution is 2.21. The molecule has 0 radical (unpaired) electrons. The maximum absolute atomic E-state index is 12.8. The molecule has 0 aliphatic carbocycles. The lowest BCUT2D eigenvalue weighted by Crippen LogP contribution is -1.89. The molecule has 2 nitrogen and oxygen atoms in total. The van der Waals surface area contributed by atoms with E-state index in [0.29, 0.717) is 5.75 Å². The normalized spacial score (nSPS) is 8.38. The molecule has 0 aliphatic rings. The molecular weight excluding hydrogens is 171 g/mol. The van der Waals surface area contributed by atoms with Crippen LogP contribution in [0.4, 0.5) is 4.39 Å². The molecule has 0 N–H and O–H groups in total. The van der Waals surface area contributed by atoms with Gasteiger partial charge in [0, 0.05) is 6.07 Å². The monoisotopic (exact) mass is 186 g/mol. The summed E-state index contributed by atoms with van der Waals surface area (Å²) in [6.45, 7) is 4.00. The summed E-state index contributed by atoms with van der Waals surface area (Å²) in [6.07, 6.45) is 0. The minimum atomic E-state index is -0.410. The zero-order valence-corrected chi connectivity index (χ0v) is 8.43. The van der Waals surface area contributed by atoms with Crippen LogP contribution >= 0.6 is 0 Å². The fourth-order valence-electron chi connectivity index (χ4n) is 0.774. The van der Waals surface area contributed by atoms with E-state index < -0.39 is 5.82 Å². The van der Waals surface area contributed by atoms with Crippen molar-refractivity contribution in [3.63, 3.8) is 0 Å². The topological polar surface area (TPSA) is 18.5 Å².